The first kappa shape index (κ1) is 14.9. The van der Waals surface area contributed by atoms with E-state index in [2.05, 4.69) is 33.9 Å². The van der Waals surface area contributed by atoms with E-state index in [1.54, 1.807) is 13.2 Å². The Labute approximate surface area is 131 Å². The smallest absolute Gasteiger partial charge is 0.228 e. The number of carbonyl (C=O) groups excluding carboxylic acids is 1. The number of nitrogens with one attached hydrogen (secondary N) is 1. The van der Waals surface area contributed by atoms with E-state index >= 15 is 0 Å². The summed E-state index contributed by atoms with van der Waals surface area (Å²) >= 11 is 7.59. The van der Waals surface area contributed by atoms with Crippen LogP contribution in [-0.4, -0.2) is 13.0 Å². The predicted molar refractivity (Wildman–Crippen MR) is 86.7 cm³/mol. The lowest BCUT2D eigenvalue weighted by atomic mass is 10.1. The molecule has 0 saturated heterocycles. The first-order chi connectivity index (χ1) is 9.56. The number of amides is 1. The molecule has 2 rings (SSSR count). The fourth-order valence-electron chi connectivity index (χ4n) is 1.76. The Bertz CT molecular complexity index is 614. The van der Waals surface area contributed by atoms with Crippen molar-refractivity contribution in [2.75, 3.05) is 12.4 Å². The van der Waals surface area contributed by atoms with Gasteiger partial charge in [0.05, 0.1) is 13.5 Å². The lowest BCUT2D eigenvalue weighted by Gasteiger charge is -2.08. The van der Waals surface area contributed by atoms with Crippen LogP contribution in [0, 0.1) is 0 Å². The van der Waals surface area contributed by atoms with Gasteiger partial charge in [-0.1, -0.05) is 28.1 Å². The van der Waals surface area contributed by atoms with Gasteiger partial charge in [0, 0.05) is 21.1 Å². The molecule has 2 aromatic rings. The number of halogens is 1. The van der Waals surface area contributed by atoms with Gasteiger partial charge in [-0.25, -0.2) is 0 Å². The molecule has 2 aromatic carbocycles. The van der Waals surface area contributed by atoms with Crippen LogP contribution in [0.4, 0.5) is 5.69 Å². The molecule has 0 heterocycles. The highest BCUT2D eigenvalue weighted by molar-refractivity contribution is 9.10. The number of hydrogen-bond acceptors (Lipinski definition) is 3. The first-order valence-electron chi connectivity index (χ1n) is 5.99. The number of methoxy groups -OCH3 is 1. The Morgan fingerprint density at radius 2 is 1.95 bits per heavy atom. The fraction of sp³-hybridized carbons (Fsp3) is 0.133. The third-order valence-electron chi connectivity index (χ3n) is 2.69. The lowest BCUT2D eigenvalue weighted by molar-refractivity contribution is -0.115. The van der Waals surface area contributed by atoms with Crippen molar-refractivity contribution in [3.63, 3.8) is 0 Å². The number of carbonyl (C=O) groups is 1. The highest BCUT2D eigenvalue weighted by Gasteiger charge is 2.06. The van der Waals surface area contributed by atoms with Gasteiger partial charge in [-0.15, -0.1) is 12.6 Å². The molecule has 0 saturated carbocycles. The minimum atomic E-state index is -0.0722. The van der Waals surface area contributed by atoms with Crippen LogP contribution >= 0.6 is 28.6 Å². The van der Waals surface area contributed by atoms with E-state index in [1.807, 2.05) is 36.4 Å². The monoisotopic (exact) mass is 351 g/mol. The third-order valence-corrected chi connectivity index (χ3v) is 3.45. The molecular formula is C15H14BrNO2S. The summed E-state index contributed by atoms with van der Waals surface area (Å²) in [6.07, 6.45) is 0.322. The van der Waals surface area contributed by atoms with Crippen molar-refractivity contribution in [2.45, 2.75) is 11.3 Å². The normalized spacial score (nSPS) is 10.2. The molecule has 0 aromatic heterocycles. The number of ether oxygens (including phenoxy) is 1. The Balaban J connectivity index is 2.04. The molecule has 0 aliphatic rings. The average molecular weight is 352 g/mol. The summed E-state index contributed by atoms with van der Waals surface area (Å²) in [6.45, 7) is 0. The maximum atomic E-state index is 12.0. The van der Waals surface area contributed by atoms with Crippen LogP contribution in [0.15, 0.2) is 51.8 Å². The largest absolute Gasteiger partial charge is 0.497 e. The molecule has 1 amide bonds. The summed E-state index contributed by atoms with van der Waals surface area (Å²) < 4.78 is 6.01. The van der Waals surface area contributed by atoms with Crippen molar-refractivity contribution in [3.05, 3.63) is 52.5 Å². The third kappa shape index (κ3) is 4.28. The van der Waals surface area contributed by atoms with Crippen LogP contribution in [-0.2, 0) is 11.2 Å². The Kier molecular flexibility index (Phi) is 5.09. The molecule has 0 aliphatic carbocycles. The van der Waals surface area contributed by atoms with Gasteiger partial charge in [0.25, 0.3) is 0 Å². The summed E-state index contributed by atoms with van der Waals surface area (Å²) in [4.78, 5) is 12.9. The van der Waals surface area contributed by atoms with Crippen molar-refractivity contribution in [3.8, 4) is 5.75 Å². The Hall–Kier alpha value is -1.46. The quantitative estimate of drug-likeness (QED) is 0.819. The van der Waals surface area contributed by atoms with E-state index in [1.165, 1.54) is 0 Å². The van der Waals surface area contributed by atoms with Crippen LogP contribution < -0.4 is 10.1 Å². The van der Waals surface area contributed by atoms with Crippen molar-refractivity contribution >= 4 is 40.2 Å². The van der Waals surface area contributed by atoms with Crippen LogP contribution in [0.25, 0.3) is 0 Å². The van der Waals surface area contributed by atoms with Crippen LogP contribution in [0.1, 0.15) is 5.56 Å². The van der Waals surface area contributed by atoms with E-state index < -0.39 is 0 Å². The zero-order valence-corrected chi connectivity index (χ0v) is 13.4. The number of hydrogen-bond donors (Lipinski definition) is 2. The number of thiol groups is 1. The second kappa shape index (κ2) is 6.81. The minimum Gasteiger partial charge on any atom is -0.497 e. The van der Waals surface area contributed by atoms with E-state index in [0.29, 0.717) is 17.9 Å². The van der Waals surface area contributed by atoms with Gasteiger partial charge in [0.1, 0.15) is 5.75 Å². The van der Waals surface area contributed by atoms with E-state index in [-0.39, 0.29) is 5.91 Å². The van der Waals surface area contributed by atoms with E-state index in [0.717, 1.165) is 14.9 Å². The molecule has 0 fully saturated rings. The van der Waals surface area contributed by atoms with Crippen LogP contribution in [0.2, 0.25) is 0 Å². The van der Waals surface area contributed by atoms with Crippen molar-refractivity contribution in [2.24, 2.45) is 0 Å². The predicted octanol–water partition coefficient (Wildman–Crippen LogP) is 3.93. The fourth-order valence-corrected chi connectivity index (χ4v) is 2.38. The maximum absolute atomic E-state index is 12.0. The van der Waals surface area contributed by atoms with Crippen molar-refractivity contribution in [1.29, 1.82) is 0 Å². The standard InChI is InChI=1S/C15H14BrNO2S/c1-19-13-8-11(16)7-12(9-13)17-15(18)6-10-2-4-14(20)5-3-10/h2-5,7-9,20H,6H2,1H3,(H,17,18). The zero-order valence-electron chi connectivity index (χ0n) is 10.9. The summed E-state index contributed by atoms with van der Waals surface area (Å²) in [7, 11) is 1.59. The topological polar surface area (TPSA) is 38.3 Å². The van der Waals surface area contributed by atoms with E-state index in [4.69, 9.17) is 4.74 Å². The number of benzene rings is 2. The molecule has 5 heteroatoms. The van der Waals surface area contributed by atoms with E-state index in [9.17, 15) is 4.79 Å². The first-order valence-corrected chi connectivity index (χ1v) is 7.23. The van der Waals surface area contributed by atoms with Crippen molar-refractivity contribution < 1.29 is 9.53 Å². The molecule has 0 bridgehead atoms. The molecular weight excluding hydrogens is 338 g/mol. The van der Waals surface area contributed by atoms with Gasteiger partial charge in [-0.2, -0.15) is 0 Å². The molecule has 0 atom stereocenters. The average Bonchev–Trinajstić information content (AvgIpc) is 2.40. The summed E-state index contributed by atoms with van der Waals surface area (Å²) in [6, 6.07) is 13.0. The van der Waals surface area contributed by atoms with Crippen molar-refractivity contribution in [1.82, 2.24) is 0 Å². The second-order valence-corrected chi connectivity index (χ2v) is 5.70. The zero-order chi connectivity index (χ0) is 14.5. The molecule has 104 valence electrons. The lowest BCUT2D eigenvalue weighted by Crippen LogP contribution is -2.14. The number of rotatable bonds is 4. The van der Waals surface area contributed by atoms with Gasteiger partial charge in [-0.05, 0) is 29.8 Å². The van der Waals surface area contributed by atoms with Crippen LogP contribution in [0.5, 0.6) is 5.75 Å². The van der Waals surface area contributed by atoms with Gasteiger partial charge in [0.2, 0.25) is 5.91 Å². The summed E-state index contributed by atoms with van der Waals surface area (Å²) in [5.74, 6) is 0.617. The molecule has 0 aliphatic heterocycles. The molecule has 20 heavy (non-hydrogen) atoms. The summed E-state index contributed by atoms with van der Waals surface area (Å²) in [5.41, 5.74) is 1.65. The molecule has 0 radical (unpaired) electrons. The summed E-state index contributed by atoms with van der Waals surface area (Å²) in [5, 5.41) is 2.85. The van der Waals surface area contributed by atoms with Gasteiger partial charge in [0.15, 0.2) is 0 Å². The van der Waals surface area contributed by atoms with Crippen LogP contribution in [0.3, 0.4) is 0 Å². The number of anilines is 1. The minimum absolute atomic E-state index is 0.0722. The highest BCUT2D eigenvalue weighted by atomic mass is 79.9. The maximum Gasteiger partial charge on any atom is 0.228 e. The second-order valence-electron chi connectivity index (χ2n) is 4.27. The molecule has 3 nitrogen and oxygen atoms in total. The highest BCUT2D eigenvalue weighted by Crippen LogP contribution is 2.24. The molecule has 0 unspecified atom stereocenters. The Morgan fingerprint density at radius 3 is 2.60 bits per heavy atom. The van der Waals surface area contributed by atoms with Gasteiger partial charge in [-0.3, -0.25) is 4.79 Å². The molecule has 1 N–H and O–H groups in total. The Morgan fingerprint density at radius 1 is 1.25 bits per heavy atom. The SMILES string of the molecule is COc1cc(Br)cc(NC(=O)Cc2ccc(S)cc2)c1. The van der Waals surface area contributed by atoms with Gasteiger partial charge < -0.3 is 10.1 Å². The molecule has 0 spiro atoms. The van der Waals surface area contributed by atoms with Gasteiger partial charge >= 0.3 is 0 Å².